The molecule has 1 aliphatic heterocycles. The van der Waals surface area contributed by atoms with E-state index in [0.29, 0.717) is 6.61 Å². The van der Waals surface area contributed by atoms with Gasteiger partial charge in [-0.25, -0.2) is 0 Å². The Morgan fingerprint density at radius 3 is 2.71 bits per heavy atom. The topological polar surface area (TPSA) is 41.6 Å². The lowest BCUT2D eigenvalue weighted by Gasteiger charge is -2.31. The minimum Gasteiger partial charge on any atom is -0.489 e. The molecule has 1 atom stereocenters. The monoisotopic (exact) mass is 392 g/mol. The van der Waals surface area contributed by atoms with Crippen molar-refractivity contribution in [3.8, 4) is 5.75 Å². The number of ether oxygens (including phenoxy) is 1. The van der Waals surface area contributed by atoms with Crippen molar-refractivity contribution in [3.05, 3.63) is 82.0 Å². The van der Waals surface area contributed by atoms with E-state index in [1.165, 1.54) is 10.4 Å². The van der Waals surface area contributed by atoms with Crippen molar-refractivity contribution in [1.82, 2.24) is 4.90 Å². The third kappa shape index (κ3) is 4.43. The Balaban J connectivity index is 1.30. The van der Waals surface area contributed by atoms with Crippen LogP contribution in [0, 0.1) is 0 Å². The number of fused-ring (bicyclic) bond motifs is 1. The third-order valence-corrected chi connectivity index (χ3v) is 6.16. The van der Waals surface area contributed by atoms with E-state index in [1.54, 1.807) is 0 Å². The van der Waals surface area contributed by atoms with Gasteiger partial charge < -0.3 is 10.1 Å². The third-order valence-electron chi connectivity index (χ3n) is 5.13. The number of hydrogen-bond donors (Lipinski definition) is 1. The number of amides is 1. The number of thiophene rings is 1. The zero-order chi connectivity index (χ0) is 19.3. The standard InChI is InChI=1S/C23H24N2O2S/c1-17(25-13-11-22-19(15-25)12-14-28-22)23(26)24-20-7-9-21(10-8-20)27-16-18-5-3-2-4-6-18/h2-10,12,14,17H,11,13,15-16H2,1H3,(H,24,26)/t17-/m0/s1. The smallest absolute Gasteiger partial charge is 0.241 e. The van der Waals surface area contributed by atoms with Crippen LogP contribution in [0.15, 0.2) is 66.0 Å². The zero-order valence-corrected chi connectivity index (χ0v) is 16.7. The van der Waals surface area contributed by atoms with Crippen LogP contribution in [-0.4, -0.2) is 23.4 Å². The van der Waals surface area contributed by atoms with Crippen molar-refractivity contribution in [1.29, 1.82) is 0 Å². The van der Waals surface area contributed by atoms with Crippen molar-refractivity contribution < 1.29 is 9.53 Å². The Hall–Kier alpha value is -2.63. The molecule has 28 heavy (non-hydrogen) atoms. The maximum atomic E-state index is 12.7. The lowest BCUT2D eigenvalue weighted by molar-refractivity contribution is -0.121. The number of carbonyl (C=O) groups is 1. The summed E-state index contributed by atoms with van der Waals surface area (Å²) >= 11 is 1.81. The summed E-state index contributed by atoms with van der Waals surface area (Å²) < 4.78 is 5.80. The number of anilines is 1. The molecule has 0 saturated carbocycles. The van der Waals surface area contributed by atoms with E-state index in [-0.39, 0.29) is 11.9 Å². The highest BCUT2D eigenvalue weighted by Gasteiger charge is 2.25. The molecule has 0 saturated heterocycles. The Morgan fingerprint density at radius 2 is 1.93 bits per heavy atom. The first kappa shape index (κ1) is 18.7. The van der Waals surface area contributed by atoms with Crippen LogP contribution in [0.25, 0.3) is 0 Å². The van der Waals surface area contributed by atoms with Gasteiger partial charge in [0.15, 0.2) is 0 Å². The first-order chi connectivity index (χ1) is 13.7. The van der Waals surface area contributed by atoms with E-state index < -0.39 is 0 Å². The highest BCUT2D eigenvalue weighted by molar-refractivity contribution is 7.10. The maximum absolute atomic E-state index is 12.7. The van der Waals surface area contributed by atoms with Crippen molar-refractivity contribution in [2.45, 2.75) is 32.5 Å². The Kier molecular flexibility index (Phi) is 5.74. The van der Waals surface area contributed by atoms with Gasteiger partial charge in [-0.3, -0.25) is 9.69 Å². The molecule has 0 unspecified atom stereocenters. The average Bonchev–Trinajstić information content (AvgIpc) is 3.21. The van der Waals surface area contributed by atoms with Crippen LogP contribution in [0.3, 0.4) is 0 Å². The minimum atomic E-state index is -0.165. The molecule has 4 rings (SSSR count). The number of carbonyl (C=O) groups excluding carboxylic acids is 1. The summed E-state index contributed by atoms with van der Waals surface area (Å²) in [5.74, 6) is 0.813. The predicted octanol–water partition coefficient (Wildman–Crippen LogP) is 4.71. The van der Waals surface area contributed by atoms with Crippen LogP contribution in [-0.2, 0) is 24.4 Å². The molecule has 0 bridgehead atoms. The molecule has 1 N–H and O–H groups in total. The molecule has 1 amide bonds. The molecule has 1 aromatic heterocycles. The average molecular weight is 393 g/mol. The van der Waals surface area contributed by atoms with E-state index in [0.717, 1.165) is 36.5 Å². The highest BCUT2D eigenvalue weighted by Crippen LogP contribution is 2.25. The predicted molar refractivity (Wildman–Crippen MR) is 114 cm³/mol. The summed E-state index contributed by atoms with van der Waals surface area (Å²) in [6, 6.07) is 19.6. The second kappa shape index (κ2) is 8.59. The van der Waals surface area contributed by atoms with Crippen molar-refractivity contribution in [3.63, 3.8) is 0 Å². The van der Waals surface area contributed by atoms with E-state index in [2.05, 4.69) is 21.7 Å². The van der Waals surface area contributed by atoms with Gasteiger partial charge in [-0.1, -0.05) is 30.3 Å². The van der Waals surface area contributed by atoms with Crippen LogP contribution >= 0.6 is 11.3 Å². The molecule has 1 aliphatic rings. The van der Waals surface area contributed by atoms with Gasteiger partial charge in [0.2, 0.25) is 5.91 Å². The normalized spacial score (nSPS) is 14.9. The molecule has 2 heterocycles. The summed E-state index contributed by atoms with van der Waals surface area (Å²) in [6.07, 6.45) is 1.03. The van der Waals surface area contributed by atoms with Crippen LogP contribution in [0.4, 0.5) is 5.69 Å². The molecule has 0 fully saturated rings. The van der Waals surface area contributed by atoms with Gasteiger partial charge in [0.1, 0.15) is 12.4 Å². The van der Waals surface area contributed by atoms with E-state index in [4.69, 9.17) is 4.74 Å². The maximum Gasteiger partial charge on any atom is 0.241 e. The van der Waals surface area contributed by atoms with E-state index in [9.17, 15) is 4.79 Å². The van der Waals surface area contributed by atoms with Crippen LogP contribution in [0.5, 0.6) is 5.75 Å². The fraction of sp³-hybridized carbons (Fsp3) is 0.261. The van der Waals surface area contributed by atoms with Gasteiger partial charge in [0.25, 0.3) is 0 Å². The van der Waals surface area contributed by atoms with E-state index >= 15 is 0 Å². The van der Waals surface area contributed by atoms with Gasteiger partial charge >= 0.3 is 0 Å². The van der Waals surface area contributed by atoms with E-state index in [1.807, 2.05) is 72.9 Å². The molecule has 2 aromatic carbocycles. The molecule has 0 spiro atoms. The molecule has 0 radical (unpaired) electrons. The first-order valence-corrected chi connectivity index (χ1v) is 10.4. The SMILES string of the molecule is C[C@@H](C(=O)Nc1ccc(OCc2ccccc2)cc1)N1CCc2sccc2C1. The molecular weight excluding hydrogens is 368 g/mol. The number of nitrogens with zero attached hydrogens (tertiary/aromatic N) is 1. The lowest BCUT2D eigenvalue weighted by atomic mass is 10.1. The van der Waals surface area contributed by atoms with Gasteiger partial charge in [-0.15, -0.1) is 11.3 Å². The fourth-order valence-electron chi connectivity index (χ4n) is 3.39. The van der Waals surface area contributed by atoms with Crippen molar-refractivity contribution >= 4 is 22.9 Å². The summed E-state index contributed by atoms with van der Waals surface area (Å²) in [4.78, 5) is 16.4. The quantitative estimate of drug-likeness (QED) is 0.660. The summed E-state index contributed by atoms with van der Waals surface area (Å²) in [6.45, 7) is 4.28. The van der Waals surface area contributed by atoms with Crippen LogP contribution in [0.1, 0.15) is 22.9 Å². The van der Waals surface area contributed by atoms with Gasteiger partial charge in [-0.05, 0) is 60.2 Å². The number of rotatable bonds is 6. The minimum absolute atomic E-state index is 0.0247. The number of nitrogens with one attached hydrogen (secondary N) is 1. The van der Waals surface area contributed by atoms with Gasteiger partial charge in [0.05, 0.1) is 6.04 Å². The molecule has 0 aliphatic carbocycles. The molecule has 5 heteroatoms. The second-order valence-electron chi connectivity index (χ2n) is 7.05. The molecular formula is C23H24N2O2S. The van der Waals surface area contributed by atoms with Crippen molar-refractivity contribution in [2.24, 2.45) is 0 Å². The number of hydrogen-bond acceptors (Lipinski definition) is 4. The Morgan fingerprint density at radius 1 is 1.14 bits per heavy atom. The number of benzene rings is 2. The highest BCUT2D eigenvalue weighted by atomic mass is 32.1. The largest absolute Gasteiger partial charge is 0.489 e. The molecule has 3 aromatic rings. The lowest BCUT2D eigenvalue weighted by Crippen LogP contribution is -2.44. The van der Waals surface area contributed by atoms with Gasteiger partial charge in [-0.2, -0.15) is 0 Å². The summed E-state index contributed by atoms with van der Waals surface area (Å²) in [5.41, 5.74) is 3.27. The van der Waals surface area contributed by atoms with Gasteiger partial charge in [0, 0.05) is 23.7 Å². The summed E-state index contributed by atoms with van der Waals surface area (Å²) in [5, 5.41) is 5.16. The molecule has 4 nitrogen and oxygen atoms in total. The Labute approximate surface area is 169 Å². The Bertz CT molecular complexity index is 921. The van der Waals surface area contributed by atoms with Crippen molar-refractivity contribution in [2.75, 3.05) is 11.9 Å². The summed E-state index contributed by atoms with van der Waals surface area (Å²) in [7, 11) is 0. The van der Waals surface area contributed by atoms with Crippen LogP contribution in [0.2, 0.25) is 0 Å². The molecule has 144 valence electrons. The van der Waals surface area contributed by atoms with Crippen LogP contribution < -0.4 is 10.1 Å². The second-order valence-corrected chi connectivity index (χ2v) is 8.05. The fourth-order valence-corrected chi connectivity index (χ4v) is 4.28. The first-order valence-electron chi connectivity index (χ1n) is 9.56. The zero-order valence-electron chi connectivity index (χ0n) is 15.9.